The molecule has 4 aromatic heterocycles. The Morgan fingerprint density at radius 1 is 1.12 bits per heavy atom. The Hall–Kier alpha value is -3.93. The summed E-state index contributed by atoms with van der Waals surface area (Å²) in [6, 6.07) is 7.72. The normalized spacial score (nSPS) is 20.8. The van der Waals surface area contributed by atoms with Crippen LogP contribution >= 0.6 is 0 Å². The summed E-state index contributed by atoms with van der Waals surface area (Å²) >= 11 is 0. The summed E-state index contributed by atoms with van der Waals surface area (Å²) in [6.45, 7) is 1.98. The summed E-state index contributed by atoms with van der Waals surface area (Å²) in [5.74, 6) is 2.06. The Kier molecular flexibility index (Phi) is 4.54. The van der Waals surface area contributed by atoms with E-state index in [9.17, 15) is 10.1 Å². The second-order valence-electron chi connectivity index (χ2n) is 8.92. The molecule has 0 aliphatic heterocycles. The number of hydrogen-bond acceptors (Lipinski definition) is 7. The van der Waals surface area contributed by atoms with Gasteiger partial charge in [-0.3, -0.25) is 9.78 Å². The second-order valence-corrected chi connectivity index (χ2v) is 8.92. The minimum absolute atomic E-state index is 0.0215. The largest absolute Gasteiger partial charge is 0.310 e. The number of aromatic nitrogens is 7. The molecule has 2 fully saturated rings. The lowest BCUT2D eigenvalue weighted by Gasteiger charge is -2.34. The van der Waals surface area contributed by atoms with Gasteiger partial charge in [-0.05, 0) is 50.3 Å². The minimum Gasteiger partial charge on any atom is -0.310 e. The van der Waals surface area contributed by atoms with E-state index in [2.05, 4.69) is 37.2 Å². The van der Waals surface area contributed by atoms with E-state index < -0.39 is 0 Å². The quantitative estimate of drug-likeness (QED) is 0.506. The highest BCUT2D eigenvalue weighted by Gasteiger charge is 2.38. The fraction of sp³-hybridized carbons (Fsp3) is 0.375. The third-order valence-electron chi connectivity index (χ3n) is 6.88. The first-order valence-electron chi connectivity index (χ1n) is 11.3. The van der Waals surface area contributed by atoms with Crippen molar-refractivity contribution in [1.29, 1.82) is 5.26 Å². The summed E-state index contributed by atoms with van der Waals surface area (Å²) in [4.78, 5) is 34.1. The van der Waals surface area contributed by atoms with Gasteiger partial charge in [0.1, 0.15) is 23.1 Å². The van der Waals surface area contributed by atoms with Crippen molar-refractivity contribution in [3.05, 3.63) is 75.7 Å². The average molecular weight is 438 g/mol. The second kappa shape index (κ2) is 7.59. The zero-order valence-corrected chi connectivity index (χ0v) is 18.1. The molecule has 4 aromatic rings. The molecular weight excluding hydrogens is 416 g/mol. The molecule has 164 valence electrons. The van der Waals surface area contributed by atoms with Crippen molar-refractivity contribution in [3.63, 3.8) is 0 Å². The first kappa shape index (κ1) is 19.7. The summed E-state index contributed by atoms with van der Waals surface area (Å²) in [7, 11) is 0. The van der Waals surface area contributed by atoms with Crippen LogP contribution in [-0.4, -0.2) is 34.7 Å². The van der Waals surface area contributed by atoms with Gasteiger partial charge in [0.25, 0.3) is 5.56 Å². The smallest absolute Gasteiger partial charge is 0.263 e. The number of nitrogens with one attached hydrogen (secondary N) is 1. The lowest BCUT2D eigenvalue weighted by atomic mass is 9.72. The molecule has 1 N–H and O–H groups in total. The fourth-order valence-electron chi connectivity index (χ4n) is 4.65. The highest BCUT2D eigenvalue weighted by molar-refractivity contribution is 5.80. The van der Waals surface area contributed by atoms with E-state index in [0.29, 0.717) is 17.4 Å². The number of nitriles is 1. The van der Waals surface area contributed by atoms with E-state index in [1.54, 1.807) is 23.1 Å². The van der Waals surface area contributed by atoms with Gasteiger partial charge < -0.3 is 4.98 Å². The molecule has 0 radical (unpaired) electrons. The standard InChI is InChI=1S/C24H22N8O/c1-13(15-5-8-18(28-12-15)14-3-4-14)32-23-20(19(11-25)31-32)24(33)30-22(29-23)17-7-6-16(17)21-26-9-2-10-27-21/h2,5,8-10,12-14,16-17H,3-4,6-7H2,1H3,(H,29,30,33)/t13-,16+,17+/m0/s1. The molecule has 2 saturated carbocycles. The van der Waals surface area contributed by atoms with Crippen LogP contribution in [-0.2, 0) is 0 Å². The number of hydrogen-bond donors (Lipinski definition) is 1. The molecule has 3 atom stereocenters. The zero-order chi connectivity index (χ0) is 22.5. The van der Waals surface area contributed by atoms with E-state index in [1.807, 2.05) is 19.2 Å². The van der Waals surface area contributed by atoms with E-state index in [4.69, 9.17) is 4.98 Å². The Labute approximate surface area is 189 Å². The van der Waals surface area contributed by atoms with Crippen molar-refractivity contribution >= 4 is 11.0 Å². The van der Waals surface area contributed by atoms with Gasteiger partial charge in [0.15, 0.2) is 11.3 Å². The van der Waals surface area contributed by atoms with Gasteiger partial charge in [-0.15, -0.1) is 0 Å². The molecular formula is C24H22N8O. The third kappa shape index (κ3) is 3.30. The third-order valence-corrected chi connectivity index (χ3v) is 6.88. The molecule has 0 bridgehead atoms. The van der Waals surface area contributed by atoms with Gasteiger partial charge in [0, 0.05) is 42.0 Å². The van der Waals surface area contributed by atoms with Gasteiger partial charge >= 0.3 is 0 Å². The van der Waals surface area contributed by atoms with Crippen LogP contribution in [0.3, 0.4) is 0 Å². The lowest BCUT2D eigenvalue weighted by Crippen LogP contribution is -2.28. The van der Waals surface area contributed by atoms with Crippen molar-refractivity contribution in [2.24, 2.45) is 0 Å². The molecule has 0 saturated heterocycles. The monoisotopic (exact) mass is 438 g/mol. The summed E-state index contributed by atoms with van der Waals surface area (Å²) < 4.78 is 1.67. The number of aromatic amines is 1. The van der Waals surface area contributed by atoms with E-state index >= 15 is 0 Å². The molecule has 0 amide bonds. The van der Waals surface area contributed by atoms with Crippen molar-refractivity contribution in [3.8, 4) is 6.07 Å². The Bertz CT molecular complexity index is 1430. The Morgan fingerprint density at radius 2 is 1.91 bits per heavy atom. The zero-order valence-electron chi connectivity index (χ0n) is 18.1. The molecule has 2 aliphatic rings. The van der Waals surface area contributed by atoms with Crippen molar-refractivity contribution in [2.75, 3.05) is 0 Å². The van der Waals surface area contributed by atoms with Gasteiger partial charge in [0.05, 0.1) is 6.04 Å². The van der Waals surface area contributed by atoms with Crippen LogP contribution in [0, 0.1) is 11.3 Å². The van der Waals surface area contributed by atoms with Crippen LogP contribution in [0.2, 0.25) is 0 Å². The summed E-state index contributed by atoms with van der Waals surface area (Å²) in [5.41, 5.74) is 2.23. The van der Waals surface area contributed by atoms with Gasteiger partial charge in [-0.25, -0.2) is 19.6 Å². The van der Waals surface area contributed by atoms with Crippen molar-refractivity contribution in [2.45, 2.75) is 56.4 Å². The fourth-order valence-corrected chi connectivity index (χ4v) is 4.65. The molecule has 4 heterocycles. The van der Waals surface area contributed by atoms with E-state index in [1.165, 1.54) is 12.8 Å². The van der Waals surface area contributed by atoms with Gasteiger partial charge in [-0.2, -0.15) is 10.4 Å². The highest BCUT2D eigenvalue weighted by atomic mass is 16.1. The summed E-state index contributed by atoms with van der Waals surface area (Å²) in [5, 5.41) is 14.3. The van der Waals surface area contributed by atoms with Gasteiger partial charge in [0.2, 0.25) is 0 Å². The maximum atomic E-state index is 13.0. The molecule has 2 aliphatic carbocycles. The molecule has 33 heavy (non-hydrogen) atoms. The topological polar surface area (TPSA) is 126 Å². The number of fused-ring (bicyclic) bond motifs is 1. The predicted molar refractivity (Wildman–Crippen MR) is 120 cm³/mol. The first-order valence-corrected chi connectivity index (χ1v) is 11.3. The molecule has 9 heteroatoms. The van der Waals surface area contributed by atoms with E-state index in [0.717, 1.165) is 29.9 Å². The van der Waals surface area contributed by atoms with Crippen molar-refractivity contribution < 1.29 is 0 Å². The molecule has 9 nitrogen and oxygen atoms in total. The molecule has 0 spiro atoms. The minimum atomic E-state index is -0.341. The predicted octanol–water partition coefficient (Wildman–Crippen LogP) is 3.32. The van der Waals surface area contributed by atoms with Crippen LogP contribution in [0.5, 0.6) is 0 Å². The molecule has 0 aromatic carbocycles. The molecule has 0 unspecified atom stereocenters. The number of nitrogens with zero attached hydrogens (tertiary/aromatic N) is 7. The maximum absolute atomic E-state index is 13.0. The highest BCUT2D eigenvalue weighted by Crippen LogP contribution is 2.46. The maximum Gasteiger partial charge on any atom is 0.263 e. The Balaban J connectivity index is 1.41. The number of rotatable bonds is 5. The van der Waals surface area contributed by atoms with Crippen LogP contribution < -0.4 is 5.56 Å². The summed E-state index contributed by atoms with van der Waals surface area (Å²) in [6.07, 6.45) is 9.55. The van der Waals surface area contributed by atoms with Crippen LogP contribution in [0.4, 0.5) is 0 Å². The first-order chi connectivity index (χ1) is 16.1. The lowest BCUT2D eigenvalue weighted by molar-refractivity contribution is 0.319. The Morgan fingerprint density at radius 3 is 2.55 bits per heavy atom. The van der Waals surface area contributed by atoms with E-state index in [-0.39, 0.29) is 34.5 Å². The number of pyridine rings is 1. The number of H-pyrrole nitrogens is 1. The van der Waals surface area contributed by atoms with Crippen LogP contribution in [0.1, 0.15) is 85.0 Å². The SMILES string of the molecule is C[C@@H](c1ccc(C2CC2)nc1)n1nc(C#N)c2c(=O)[nH]c([C@@H]3CC[C@H]3c3ncccn3)nc21. The molecule has 6 rings (SSSR count). The average Bonchev–Trinajstić information content (AvgIpc) is 3.59. The van der Waals surface area contributed by atoms with Crippen LogP contribution in [0.25, 0.3) is 11.0 Å². The van der Waals surface area contributed by atoms with Crippen molar-refractivity contribution in [1.82, 2.24) is 34.7 Å². The van der Waals surface area contributed by atoms with Gasteiger partial charge in [-0.1, -0.05) is 6.07 Å². The van der Waals surface area contributed by atoms with Crippen LogP contribution in [0.15, 0.2) is 41.6 Å².